The number of hydrogen-bond acceptors (Lipinski definition) is 3. The van der Waals surface area contributed by atoms with Crippen LogP contribution in [-0.2, 0) is 14.3 Å². The van der Waals surface area contributed by atoms with Crippen molar-refractivity contribution in [3.05, 3.63) is 12.2 Å². The zero-order valence-corrected chi connectivity index (χ0v) is 9.67. The maximum atomic E-state index is 10.6. The van der Waals surface area contributed by atoms with Gasteiger partial charge in [0.05, 0.1) is 18.5 Å². The number of amides is 1. The first-order valence-electron chi connectivity index (χ1n) is 4.44. The van der Waals surface area contributed by atoms with Gasteiger partial charge in [0.2, 0.25) is 5.91 Å². The third kappa shape index (κ3) is 3.40. The summed E-state index contributed by atoms with van der Waals surface area (Å²) in [5.41, 5.74) is 0. The topological polar surface area (TPSA) is 47.6 Å². The van der Waals surface area contributed by atoms with E-state index in [1.54, 1.807) is 0 Å². The van der Waals surface area contributed by atoms with Gasteiger partial charge < -0.3 is 14.8 Å². The lowest BCUT2D eigenvalue weighted by Crippen LogP contribution is -2.30. The second-order valence-electron chi connectivity index (χ2n) is 2.98. The molecular formula is C9H14BrNO3. The fourth-order valence-corrected chi connectivity index (χ4v) is 1.64. The minimum atomic E-state index is -0.640. The first kappa shape index (κ1) is 11.7. The van der Waals surface area contributed by atoms with Crippen LogP contribution in [0.15, 0.2) is 12.2 Å². The van der Waals surface area contributed by atoms with Gasteiger partial charge in [-0.1, -0.05) is 22.0 Å². The number of ether oxygens (including phenoxy) is 2. The number of hydrogen-bond donors (Lipinski definition) is 1. The lowest BCUT2D eigenvalue weighted by Gasteiger charge is -2.20. The minimum Gasteiger partial charge on any atom is -0.353 e. The van der Waals surface area contributed by atoms with Crippen LogP contribution in [0.3, 0.4) is 0 Å². The maximum absolute atomic E-state index is 10.6. The molecule has 80 valence electrons. The highest BCUT2D eigenvalue weighted by atomic mass is 79.9. The molecule has 14 heavy (non-hydrogen) atoms. The van der Waals surface area contributed by atoms with Gasteiger partial charge in [-0.15, -0.1) is 0 Å². The predicted octanol–water partition coefficient (Wildman–Crippen LogP) is 0.817. The molecule has 0 aromatic heterocycles. The largest absolute Gasteiger partial charge is 0.353 e. The standard InChI is InChI=1S/C9H14BrNO3/c1-8(12)11-4-2-3-9(7-10)13-5-6-14-9/h2-3H,4-7H2,1H3,(H,11,12)/b3-2+. The van der Waals surface area contributed by atoms with Gasteiger partial charge in [0, 0.05) is 13.5 Å². The first-order valence-corrected chi connectivity index (χ1v) is 5.57. The quantitative estimate of drug-likeness (QED) is 0.604. The molecule has 5 heteroatoms. The Hall–Kier alpha value is -0.390. The highest BCUT2D eigenvalue weighted by molar-refractivity contribution is 9.09. The van der Waals surface area contributed by atoms with Crippen molar-refractivity contribution in [1.82, 2.24) is 5.32 Å². The van der Waals surface area contributed by atoms with Crippen LogP contribution in [0.25, 0.3) is 0 Å². The molecule has 0 unspecified atom stereocenters. The molecule has 1 rings (SSSR count). The van der Waals surface area contributed by atoms with Crippen LogP contribution in [0, 0.1) is 0 Å². The molecule has 1 heterocycles. The molecule has 1 amide bonds. The first-order chi connectivity index (χ1) is 6.68. The van der Waals surface area contributed by atoms with Crippen molar-refractivity contribution in [2.45, 2.75) is 12.7 Å². The zero-order chi connectivity index (χ0) is 10.4. The Bertz CT molecular complexity index is 224. The van der Waals surface area contributed by atoms with Crippen molar-refractivity contribution in [2.24, 2.45) is 0 Å². The second-order valence-corrected chi connectivity index (χ2v) is 3.54. The number of alkyl halides is 1. The Morgan fingerprint density at radius 2 is 2.21 bits per heavy atom. The molecule has 0 spiro atoms. The highest BCUT2D eigenvalue weighted by Crippen LogP contribution is 2.23. The third-order valence-electron chi connectivity index (χ3n) is 1.80. The molecule has 0 atom stereocenters. The van der Waals surface area contributed by atoms with Crippen molar-refractivity contribution in [1.29, 1.82) is 0 Å². The molecule has 1 N–H and O–H groups in total. The summed E-state index contributed by atoms with van der Waals surface area (Å²) in [7, 11) is 0. The van der Waals surface area contributed by atoms with Gasteiger partial charge in [-0.25, -0.2) is 0 Å². The van der Waals surface area contributed by atoms with E-state index in [1.807, 2.05) is 12.2 Å². The van der Waals surface area contributed by atoms with Crippen molar-refractivity contribution in [2.75, 3.05) is 25.1 Å². The van der Waals surface area contributed by atoms with E-state index in [-0.39, 0.29) is 5.91 Å². The summed E-state index contributed by atoms with van der Waals surface area (Å²) in [5, 5.41) is 3.25. The zero-order valence-electron chi connectivity index (χ0n) is 8.09. The lowest BCUT2D eigenvalue weighted by molar-refractivity contribution is -0.118. The summed E-state index contributed by atoms with van der Waals surface area (Å²) in [4.78, 5) is 10.6. The smallest absolute Gasteiger partial charge is 0.217 e. The average molecular weight is 264 g/mol. The van der Waals surface area contributed by atoms with Crippen molar-refractivity contribution < 1.29 is 14.3 Å². The Kier molecular flexibility index (Phi) is 4.57. The Morgan fingerprint density at radius 3 is 2.71 bits per heavy atom. The monoisotopic (exact) mass is 263 g/mol. The Labute approximate surface area is 91.8 Å². The number of nitrogens with one attached hydrogen (secondary N) is 1. The van der Waals surface area contributed by atoms with Gasteiger partial charge in [-0.05, 0) is 6.08 Å². The summed E-state index contributed by atoms with van der Waals surface area (Å²) >= 11 is 3.33. The van der Waals surface area contributed by atoms with Crippen LogP contribution in [0.1, 0.15) is 6.92 Å². The molecule has 0 saturated carbocycles. The molecule has 1 fully saturated rings. The molecule has 0 bridgehead atoms. The maximum Gasteiger partial charge on any atom is 0.217 e. The van der Waals surface area contributed by atoms with E-state index in [2.05, 4.69) is 21.2 Å². The van der Waals surface area contributed by atoms with Crippen molar-refractivity contribution in [3.8, 4) is 0 Å². The highest BCUT2D eigenvalue weighted by Gasteiger charge is 2.32. The second kappa shape index (κ2) is 5.48. The van der Waals surface area contributed by atoms with Gasteiger partial charge in [0.25, 0.3) is 0 Å². The molecular weight excluding hydrogens is 250 g/mol. The lowest BCUT2D eigenvalue weighted by atomic mass is 10.3. The SMILES string of the molecule is CC(=O)NC/C=C/C1(CBr)OCCO1. The average Bonchev–Trinajstić information content (AvgIpc) is 2.62. The summed E-state index contributed by atoms with van der Waals surface area (Å²) < 4.78 is 10.9. The van der Waals surface area contributed by atoms with Crippen LogP contribution in [-0.4, -0.2) is 36.8 Å². The fourth-order valence-electron chi connectivity index (χ4n) is 1.13. The summed E-state index contributed by atoms with van der Waals surface area (Å²) in [6.07, 6.45) is 3.65. The third-order valence-corrected chi connectivity index (χ3v) is 2.58. The van der Waals surface area contributed by atoms with Crippen LogP contribution < -0.4 is 5.32 Å². The van der Waals surface area contributed by atoms with Crippen molar-refractivity contribution >= 4 is 21.8 Å². The molecule has 1 aliphatic rings. The molecule has 4 nitrogen and oxygen atoms in total. The van der Waals surface area contributed by atoms with E-state index in [1.165, 1.54) is 6.92 Å². The van der Waals surface area contributed by atoms with Gasteiger partial charge in [-0.3, -0.25) is 4.79 Å². The number of halogens is 1. The van der Waals surface area contributed by atoms with Crippen LogP contribution >= 0.6 is 15.9 Å². The number of carbonyl (C=O) groups is 1. The van der Waals surface area contributed by atoms with Crippen molar-refractivity contribution in [3.63, 3.8) is 0 Å². The van der Waals surface area contributed by atoms with Gasteiger partial charge in [-0.2, -0.15) is 0 Å². The van der Waals surface area contributed by atoms with E-state index >= 15 is 0 Å². The van der Waals surface area contributed by atoms with E-state index < -0.39 is 5.79 Å². The summed E-state index contributed by atoms with van der Waals surface area (Å²) in [6.45, 7) is 3.19. The summed E-state index contributed by atoms with van der Waals surface area (Å²) in [5.74, 6) is -0.686. The van der Waals surface area contributed by atoms with Gasteiger partial charge >= 0.3 is 0 Å². The number of carbonyl (C=O) groups excluding carboxylic acids is 1. The predicted molar refractivity (Wildman–Crippen MR) is 56.3 cm³/mol. The van der Waals surface area contributed by atoms with Crippen LogP contribution in [0.4, 0.5) is 0 Å². The Balaban J connectivity index is 2.36. The Morgan fingerprint density at radius 1 is 1.57 bits per heavy atom. The molecule has 0 radical (unpaired) electrons. The van der Waals surface area contributed by atoms with E-state index in [4.69, 9.17) is 9.47 Å². The fraction of sp³-hybridized carbons (Fsp3) is 0.667. The van der Waals surface area contributed by atoms with Crippen LogP contribution in [0.2, 0.25) is 0 Å². The van der Waals surface area contributed by atoms with Crippen LogP contribution in [0.5, 0.6) is 0 Å². The van der Waals surface area contributed by atoms with Gasteiger partial charge in [0.1, 0.15) is 0 Å². The minimum absolute atomic E-state index is 0.0456. The number of rotatable bonds is 4. The summed E-state index contributed by atoms with van der Waals surface area (Å²) in [6, 6.07) is 0. The van der Waals surface area contributed by atoms with E-state index in [0.717, 1.165) is 0 Å². The van der Waals surface area contributed by atoms with Gasteiger partial charge in [0.15, 0.2) is 5.79 Å². The normalized spacial score (nSPS) is 20.1. The van der Waals surface area contributed by atoms with E-state index in [0.29, 0.717) is 25.1 Å². The van der Waals surface area contributed by atoms with E-state index in [9.17, 15) is 4.79 Å². The molecule has 1 aliphatic heterocycles. The molecule has 0 aromatic rings. The molecule has 1 saturated heterocycles. The molecule has 0 aliphatic carbocycles. The molecule has 0 aromatic carbocycles.